The fraction of sp³-hybridized carbons (Fsp3) is 0.0870. The summed E-state index contributed by atoms with van der Waals surface area (Å²) in [6, 6.07) is 18.4. The predicted octanol–water partition coefficient (Wildman–Crippen LogP) is 5.70. The molecule has 6 nitrogen and oxygen atoms in total. The molecular formula is C23H18BrN3O3S. The van der Waals surface area contributed by atoms with E-state index in [1.54, 1.807) is 25.3 Å². The van der Waals surface area contributed by atoms with Crippen molar-refractivity contribution in [2.45, 2.75) is 6.92 Å². The van der Waals surface area contributed by atoms with E-state index in [2.05, 4.69) is 31.5 Å². The number of nitrogens with one attached hydrogen (secondary N) is 2. The van der Waals surface area contributed by atoms with Gasteiger partial charge >= 0.3 is 0 Å². The van der Waals surface area contributed by atoms with Gasteiger partial charge in [-0.05, 0) is 77.0 Å². The van der Waals surface area contributed by atoms with E-state index in [9.17, 15) is 4.79 Å². The van der Waals surface area contributed by atoms with E-state index >= 15 is 0 Å². The molecule has 0 aliphatic heterocycles. The Morgan fingerprint density at radius 3 is 2.71 bits per heavy atom. The Morgan fingerprint density at radius 2 is 1.94 bits per heavy atom. The lowest BCUT2D eigenvalue weighted by Crippen LogP contribution is -2.34. The number of oxazole rings is 1. The van der Waals surface area contributed by atoms with E-state index in [0.717, 1.165) is 16.8 Å². The number of benzene rings is 3. The maximum atomic E-state index is 12.5. The molecular weight excluding hydrogens is 478 g/mol. The minimum atomic E-state index is -0.299. The number of hydrogen-bond donors (Lipinski definition) is 2. The zero-order valence-electron chi connectivity index (χ0n) is 16.7. The quantitative estimate of drug-likeness (QED) is 0.353. The summed E-state index contributed by atoms with van der Waals surface area (Å²) in [5, 5.41) is 5.99. The van der Waals surface area contributed by atoms with Crippen LogP contribution in [0.15, 0.2) is 69.6 Å². The van der Waals surface area contributed by atoms with Gasteiger partial charge in [-0.2, -0.15) is 0 Å². The summed E-state index contributed by atoms with van der Waals surface area (Å²) in [4.78, 5) is 17.0. The smallest absolute Gasteiger partial charge is 0.258 e. The van der Waals surface area contributed by atoms with Crippen LogP contribution in [-0.2, 0) is 0 Å². The van der Waals surface area contributed by atoms with Gasteiger partial charge in [-0.3, -0.25) is 10.1 Å². The minimum Gasteiger partial charge on any atom is -0.497 e. The van der Waals surface area contributed by atoms with Gasteiger partial charge in [-0.15, -0.1) is 0 Å². The van der Waals surface area contributed by atoms with Crippen LogP contribution in [0.4, 0.5) is 5.69 Å². The van der Waals surface area contributed by atoms with Gasteiger partial charge < -0.3 is 14.5 Å². The third kappa shape index (κ3) is 4.60. The molecule has 1 aromatic heterocycles. The second-order valence-corrected chi connectivity index (χ2v) is 8.03. The Labute approximate surface area is 192 Å². The first-order valence-electron chi connectivity index (χ1n) is 9.37. The summed E-state index contributed by atoms with van der Waals surface area (Å²) in [6.45, 7) is 1.95. The monoisotopic (exact) mass is 495 g/mol. The number of carbonyl (C=O) groups is 1. The van der Waals surface area contributed by atoms with Crippen molar-refractivity contribution in [1.29, 1.82) is 0 Å². The topological polar surface area (TPSA) is 76.4 Å². The molecule has 8 heteroatoms. The molecule has 0 spiro atoms. The van der Waals surface area contributed by atoms with E-state index in [1.165, 1.54) is 0 Å². The number of aromatic nitrogens is 1. The number of ether oxygens (including phenoxy) is 1. The van der Waals surface area contributed by atoms with Crippen LogP contribution in [0, 0.1) is 6.92 Å². The second-order valence-electron chi connectivity index (χ2n) is 6.77. The number of methoxy groups -OCH3 is 1. The van der Waals surface area contributed by atoms with Crippen LogP contribution in [0.2, 0.25) is 0 Å². The van der Waals surface area contributed by atoms with Crippen LogP contribution < -0.4 is 15.4 Å². The number of rotatable bonds is 4. The number of halogens is 1. The van der Waals surface area contributed by atoms with Crippen LogP contribution in [0.3, 0.4) is 0 Å². The van der Waals surface area contributed by atoms with Crippen molar-refractivity contribution in [2.24, 2.45) is 0 Å². The molecule has 3 aromatic carbocycles. The first kappa shape index (κ1) is 21.0. The molecule has 4 rings (SSSR count). The lowest BCUT2D eigenvalue weighted by molar-refractivity contribution is 0.0977. The SMILES string of the molecule is COc1ccc2oc(-c3ccc(C)c(NC(=S)NC(=O)c4ccccc4Br)c3)nc2c1. The Bertz CT molecular complexity index is 1300. The Morgan fingerprint density at radius 1 is 1.13 bits per heavy atom. The highest BCUT2D eigenvalue weighted by Crippen LogP contribution is 2.29. The van der Waals surface area contributed by atoms with Crippen LogP contribution in [0.25, 0.3) is 22.6 Å². The van der Waals surface area contributed by atoms with Crippen LogP contribution in [0.1, 0.15) is 15.9 Å². The van der Waals surface area contributed by atoms with Gasteiger partial charge in [0.25, 0.3) is 5.91 Å². The number of hydrogen-bond acceptors (Lipinski definition) is 5. The molecule has 0 aliphatic carbocycles. The van der Waals surface area contributed by atoms with Gasteiger partial charge in [0.1, 0.15) is 11.3 Å². The van der Waals surface area contributed by atoms with Gasteiger partial charge in [0.15, 0.2) is 10.7 Å². The molecule has 4 aromatic rings. The number of thiocarbonyl (C=S) groups is 1. The molecule has 156 valence electrons. The van der Waals surface area contributed by atoms with Gasteiger partial charge in [0.05, 0.1) is 12.7 Å². The highest BCUT2D eigenvalue weighted by atomic mass is 79.9. The molecule has 0 aliphatic rings. The lowest BCUT2D eigenvalue weighted by Gasteiger charge is -2.13. The summed E-state index contributed by atoms with van der Waals surface area (Å²) in [5.41, 5.74) is 4.36. The summed E-state index contributed by atoms with van der Waals surface area (Å²) in [6.07, 6.45) is 0. The molecule has 0 radical (unpaired) electrons. The third-order valence-corrected chi connectivity index (χ3v) is 5.57. The summed E-state index contributed by atoms with van der Waals surface area (Å²) < 4.78 is 11.8. The number of anilines is 1. The average Bonchev–Trinajstić information content (AvgIpc) is 3.18. The summed E-state index contributed by atoms with van der Waals surface area (Å²) >= 11 is 8.72. The first-order valence-corrected chi connectivity index (χ1v) is 10.6. The van der Waals surface area contributed by atoms with Gasteiger partial charge in [0, 0.05) is 21.8 Å². The maximum Gasteiger partial charge on any atom is 0.258 e. The summed E-state index contributed by atoms with van der Waals surface area (Å²) in [5.74, 6) is 0.894. The molecule has 0 fully saturated rings. The number of fused-ring (bicyclic) bond motifs is 1. The van der Waals surface area contributed by atoms with E-state index in [0.29, 0.717) is 32.8 Å². The molecule has 0 saturated heterocycles. The number of aryl methyl sites for hydroxylation is 1. The highest BCUT2D eigenvalue weighted by molar-refractivity contribution is 9.10. The number of carbonyl (C=O) groups excluding carboxylic acids is 1. The molecule has 1 heterocycles. The molecule has 2 N–H and O–H groups in total. The van der Waals surface area contributed by atoms with Gasteiger partial charge in [-0.25, -0.2) is 4.98 Å². The lowest BCUT2D eigenvalue weighted by atomic mass is 10.1. The van der Waals surface area contributed by atoms with Crippen LogP contribution >= 0.6 is 28.1 Å². The Hall–Kier alpha value is -3.23. The van der Waals surface area contributed by atoms with Crippen molar-refractivity contribution in [3.05, 3.63) is 76.3 Å². The molecule has 1 amide bonds. The number of amides is 1. The molecule has 0 bridgehead atoms. The van der Waals surface area contributed by atoms with Crippen molar-refractivity contribution >= 4 is 56.0 Å². The Balaban J connectivity index is 1.55. The normalized spacial score (nSPS) is 10.7. The molecule has 0 atom stereocenters. The molecule has 0 saturated carbocycles. The predicted molar refractivity (Wildman–Crippen MR) is 129 cm³/mol. The van der Waals surface area contributed by atoms with Gasteiger partial charge in [0.2, 0.25) is 5.89 Å². The maximum absolute atomic E-state index is 12.5. The Kier molecular flexibility index (Phi) is 6.01. The summed E-state index contributed by atoms with van der Waals surface area (Å²) in [7, 11) is 1.61. The fourth-order valence-electron chi connectivity index (χ4n) is 3.02. The van der Waals surface area contributed by atoms with Crippen molar-refractivity contribution in [2.75, 3.05) is 12.4 Å². The zero-order valence-corrected chi connectivity index (χ0v) is 19.1. The van der Waals surface area contributed by atoms with Crippen LogP contribution in [-0.4, -0.2) is 23.1 Å². The largest absolute Gasteiger partial charge is 0.497 e. The third-order valence-electron chi connectivity index (χ3n) is 4.67. The van der Waals surface area contributed by atoms with E-state index < -0.39 is 0 Å². The van der Waals surface area contributed by atoms with Crippen molar-refractivity contribution in [3.63, 3.8) is 0 Å². The van der Waals surface area contributed by atoms with Crippen molar-refractivity contribution < 1.29 is 13.9 Å². The minimum absolute atomic E-state index is 0.198. The molecule has 31 heavy (non-hydrogen) atoms. The standard InChI is InChI=1S/C23H18BrN3O3S/c1-13-7-8-14(22-25-19-12-15(29-2)9-10-20(19)30-22)11-18(13)26-23(31)27-21(28)16-5-3-4-6-17(16)24/h3-12H,1-2H3,(H2,26,27,28,31). The second kappa shape index (κ2) is 8.87. The van der Waals surface area contributed by atoms with Crippen LogP contribution in [0.5, 0.6) is 5.75 Å². The van der Waals surface area contributed by atoms with Crippen molar-refractivity contribution in [1.82, 2.24) is 10.3 Å². The first-order chi connectivity index (χ1) is 14.9. The van der Waals surface area contributed by atoms with E-state index in [4.69, 9.17) is 21.4 Å². The zero-order chi connectivity index (χ0) is 22.0. The van der Waals surface area contributed by atoms with Gasteiger partial charge in [-0.1, -0.05) is 18.2 Å². The average molecular weight is 496 g/mol. The molecule has 0 unspecified atom stereocenters. The van der Waals surface area contributed by atoms with Crippen molar-refractivity contribution in [3.8, 4) is 17.2 Å². The highest BCUT2D eigenvalue weighted by Gasteiger charge is 2.14. The van der Waals surface area contributed by atoms with E-state index in [-0.39, 0.29) is 11.0 Å². The van der Waals surface area contributed by atoms with E-state index in [1.807, 2.05) is 49.4 Å². The number of nitrogens with zero attached hydrogens (tertiary/aromatic N) is 1. The fourth-order valence-corrected chi connectivity index (χ4v) is 3.68.